The number of carbonyl (C=O) groups excluding carboxylic acids is 4. The molecule has 1 aromatic carbocycles. The van der Waals surface area contributed by atoms with Gasteiger partial charge in [-0.25, -0.2) is 14.4 Å². The van der Waals surface area contributed by atoms with Crippen LogP contribution in [0.4, 0.5) is 13.2 Å². The molecule has 1 heterocycles. The third kappa shape index (κ3) is 8.14. The SMILES string of the molecule is C=CCN(CC(=O)OC(=O)C(F)(F)F)C(=O)CCc1ccc(C(=O)Oc2ccc(C(=N)N)cc2)o1. The lowest BCUT2D eigenvalue weighted by atomic mass is 10.2. The van der Waals surface area contributed by atoms with E-state index in [2.05, 4.69) is 11.3 Å². The molecule has 0 saturated carbocycles. The van der Waals surface area contributed by atoms with Gasteiger partial charge in [0.2, 0.25) is 11.7 Å². The van der Waals surface area contributed by atoms with Crippen LogP contribution in [0.5, 0.6) is 5.75 Å². The second-order valence-electron chi connectivity index (χ2n) is 6.92. The van der Waals surface area contributed by atoms with E-state index in [-0.39, 0.29) is 42.5 Å². The molecule has 0 atom stereocenters. The number of nitrogens with one attached hydrogen (secondary N) is 1. The van der Waals surface area contributed by atoms with Crippen LogP contribution in [-0.2, 0) is 25.5 Å². The maximum Gasteiger partial charge on any atom is 0.491 e. The molecule has 1 aromatic heterocycles. The van der Waals surface area contributed by atoms with E-state index in [9.17, 15) is 32.3 Å². The summed E-state index contributed by atoms with van der Waals surface area (Å²) >= 11 is 0. The van der Waals surface area contributed by atoms with Gasteiger partial charge in [-0.2, -0.15) is 13.2 Å². The van der Waals surface area contributed by atoms with Crippen LogP contribution in [0.3, 0.4) is 0 Å². The fourth-order valence-electron chi connectivity index (χ4n) is 2.63. The molecule has 186 valence electrons. The predicted molar refractivity (Wildman–Crippen MR) is 113 cm³/mol. The van der Waals surface area contributed by atoms with Gasteiger partial charge in [0, 0.05) is 24.9 Å². The molecule has 2 aromatic rings. The number of nitrogens with two attached hydrogens (primary N) is 1. The van der Waals surface area contributed by atoms with Crippen LogP contribution in [0, 0.1) is 5.41 Å². The Morgan fingerprint density at radius 2 is 1.77 bits per heavy atom. The molecule has 0 radical (unpaired) electrons. The zero-order valence-corrected chi connectivity index (χ0v) is 18.1. The molecular weight excluding hydrogens is 475 g/mol. The van der Waals surface area contributed by atoms with E-state index >= 15 is 0 Å². The summed E-state index contributed by atoms with van der Waals surface area (Å²) in [4.78, 5) is 47.8. The Balaban J connectivity index is 1.92. The summed E-state index contributed by atoms with van der Waals surface area (Å²) in [6.07, 6.45) is -4.35. The highest BCUT2D eigenvalue weighted by Crippen LogP contribution is 2.18. The molecule has 0 spiro atoms. The van der Waals surface area contributed by atoms with Gasteiger partial charge in [-0.15, -0.1) is 6.58 Å². The number of hydrogen-bond acceptors (Lipinski definition) is 8. The van der Waals surface area contributed by atoms with Crippen LogP contribution in [-0.4, -0.2) is 53.8 Å². The highest BCUT2D eigenvalue weighted by Gasteiger charge is 2.42. The number of furan rings is 1. The number of hydrogen-bond donors (Lipinski definition) is 2. The smallest absolute Gasteiger partial charge is 0.454 e. The van der Waals surface area contributed by atoms with Crippen molar-refractivity contribution in [2.75, 3.05) is 13.1 Å². The molecule has 0 bridgehead atoms. The monoisotopic (exact) mass is 495 g/mol. The van der Waals surface area contributed by atoms with Crippen LogP contribution in [0.1, 0.15) is 28.3 Å². The molecule has 13 heteroatoms. The molecule has 0 aliphatic heterocycles. The van der Waals surface area contributed by atoms with E-state index in [1.807, 2.05) is 0 Å². The van der Waals surface area contributed by atoms with Gasteiger partial charge < -0.3 is 24.5 Å². The van der Waals surface area contributed by atoms with E-state index in [1.54, 1.807) is 0 Å². The molecule has 0 aliphatic carbocycles. The number of ether oxygens (including phenoxy) is 2. The fraction of sp³-hybridized carbons (Fsp3) is 0.227. The number of carbonyl (C=O) groups is 4. The second-order valence-corrected chi connectivity index (χ2v) is 6.92. The Hall–Kier alpha value is -4.42. The third-order valence-electron chi connectivity index (χ3n) is 4.28. The maximum absolute atomic E-state index is 12.4. The summed E-state index contributed by atoms with van der Waals surface area (Å²) in [6.45, 7) is 2.31. The van der Waals surface area contributed by atoms with Gasteiger partial charge in [0.05, 0.1) is 0 Å². The van der Waals surface area contributed by atoms with Crippen LogP contribution in [0.25, 0.3) is 0 Å². The van der Waals surface area contributed by atoms with E-state index in [4.69, 9.17) is 20.3 Å². The van der Waals surface area contributed by atoms with E-state index < -0.39 is 36.5 Å². The first-order valence-electron chi connectivity index (χ1n) is 9.86. The Bertz CT molecular complexity index is 1120. The first-order valence-corrected chi connectivity index (χ1v) is 9.86. The number of amidine groups is 1. The van der Waals surface area contributed by atoms with Crippen molar-refractivity contribution in [1.82, 2.24) is 4.90 Å². The van der Waals surface area contributed by atoms with Gasteiger partial charge in [-0.3, -0.25) is 10.2 Å². The lowest BCUT2D eigenvalue weighted by Crippen LogP contribution is -2.39. The Labute approximate surface area is 196 Å². The Kier molecular flexibility index (Phi) is 8.91. The molecule has 0 saturated heterocycles. The number of nitrogens with zero attached hydrogens (tertiary/aromatic N) is 1. The van der Waals surface area contributed by atoms with Crippen LogP contribution in [0.2, 0.25) is 0 Å². The molecule has 0 aliphatic rings. The first-order chi connectivity index (χ1) is 16.4. The molecule has 3 N–H and O–H groups in total. The van der Waals surface area contributed by atoms with Gasteiger partial charge in [0.15, 0.2) is 0 Å². The average molecular weight is 495 g/mol. The van der Waals surface area contributed by atoms with Crippen molar-refractivity contribution in [2.24, 2.45) is 5.73 Å². The van der Waals surface area contributed by atoms with Crippen molar-refractivity contribution in [2.45, 2.75) is 19.0 Å². The maximum atomic E-state index is 12.4. The summed E-state index contributed by atoms with van der Waals surface area (Å²) < 4.78 is 50.8. The zero-order chi connectivity index (χ0) is 26.2. The summed E-state index contributed by atoms with van der Waals surface area (Å²) in [5.41, 5.74) is 5.80. The molecule has 0 fully saturated rings. The van der Waals surface area contributed by atoms with Crippen molar-refractivity contribution < 1.29 is 46.2 Å². The van der Waals surface area contributed by atoms with E-state index in [1.165, 1.54) is 42.5 Å². The van der Waals surface area contributed by atoms with Crippen molar-refractivity contribution >= 4 is 29.7 Å². The van der Waals surface area contributed by atoms with Crippen molar-refractivity contribution in [3.63, 3.8) is 0 Å². The predicted octanol–water partition coefficient (Wildman–Crippen LogP) is 2.36. The number of halogens is 3. The van der Waals surface area contributed by atoms with Crippen LogP contribution < -0.4 is 10.5 Å². The van der Waals surface area contributed by atoms with Crippen LogP contribution in [0.15, 0.2) is 53.5 Å². The second kappa shape index (κ2) is 11.6. The first kappa shape index (κ1) is 26.8. The van der Waals surface area contributed by atoms with Gasteiger partial charge in [0.1, 0.15) is 23.9 Å². The topological polar surface area (TPSA) is 153 Å². The molecule has 10 nitrogen and oxygen atoms in total. The molecule has 35 heavy (non-hydrogen) atoms. The average Bonchev–Trinajstić information content (AvgIpc) is 3.26. The van der Waals surface area contributed by atoms with Crippen LogP contribution >= 0.6 is 0 Å². The van der Waals surface area contributed by atoms with Crippen molar-refractivity contribution in [3.8, 4) is 5.75 Å². The summed E-state index contributed by atoms with van der Waals surface area (Å²) in [7, 11) is 0. The molecular formula is C22H20F3N3O7. The lowest BCUT2D eigenvalue weighted by Gasteiger charge is -2.19. The summed E-state index contributed by atoms with van der Waals surface area (Å²) in [5.74, 6) is -5.60. The number of rotatable bonds is 10. The number of amides is 1. The number of benzene rings is 1. The lowest BCUT2D eigenvalue weighted by molar-refractivity contribution is -0.202. The molecule has 2 rings (SSSR count). The van der Waals surface area contributed by atoms with E-state index in [0.717, 1.165) is 4.90 Å². The number of alkyl halides is 3. The van der Waals surface area contributed by atoms with Gasteiger partial charge in [-0.05, 0) is 36.4 Å². The normalized spacial score (nSPS) is 10.8. The fourth-order valence-corrected chi connectivity index (χ4v) is 2.63. The number of aryl methyl sites for hydroxylation is 1. The van der Waals surface area contributed by atoms with Gasteiger partial charge >= 0.3 is 24.1 Å². The highest BCUT2D eigenvalue weighted by molar-refractivity contribution is 5.95. The minimum Gasteiger partial charge on any atom is -0.454 e. The Morgan fingerprint density at radius 3 is 2.34 bits per heavy atom. The van der Waals surface area contributed by atoms with Gasteiger partial charge in [-0.1, -0.05) is 6.08 Å². The molecule has 0 unspecified atom stereocenters. The highest BCUT2D eigenvalue weighted by atomic mass is 19.4. The Morgan fingerprint density at radius 1 is 1.11 bits per heavy atom. The standard InChI is InChI=1S/C22H20F3N3O7/c1-2-11-28(12-18(30)35-21(32)22(23,24)25)17(29)10-8-14-7-9-16(33-14)20(31)34-15-5-3-13(4-6-15)19(26)27/h2-7,9H,1,8,10-12H2,(H3,26,27). The minimum absolute atomic E-state index is 0.0103. The number of esters is 3. The molecule has 1 amide bonds. The van der Waals surface area contributed by atoms with Crippen molar-refractivity contribution in [3.05, 3.63) is 66.1 Å². The van der Waals surface area contributed by atoms with Crippen molar-refractivity contribution in [1.29, 1.82) is 5.41 Å². The van der Waals surface area contributed by atoms with Gasteiger partial charge in [0.25, 0.3) is 0 Å². The summed E-state index contributed by atoms with van der Waals surface area (Å²) in [5, 5.41) is 7.33. The van der Waals surface area contributed by atoms with E-state index in [0.29, 0.717) is 5.56 Å². The quantitative estimate of drug-likeness (QED) is 0.127. The zero-order valence-electron chi connectivity index (χ0n) is 18.1. The minimum atomic E-state index is -5.35. The third-order valence-corrected chi connectivity index (χ3v) is 4.28. The largest absolute Gasteiger partial charge is 0.491 e. The summed E-state index contributed by atoms with van der Waals surface area (Å²) in [6, 6.07) is 8.63. The number of nitrogen functional groups attached to an aromatic ring is 1.